The van der Waals surface area contributed by atoms with Crippen LogP contribution in [0.5, 0.6) is 0 Å². The third-order valence-corrected chi connectivity index (χ3v) is 5.80. The van der Waals surface area contributed by atoms with Crippen molar-refractivity contribution >= 4 is 27.3 Å². The first kappa shape index (κ1) is 15.6. The van der Waals surface area contributed by atoms with E-state index in [0.717, 1.165) is 19.4 Å². The molecular formula is C13H19ClN2O3S. The Morgan fingerprint density at radius 2 is 2.25 bits per heavy atom. The number of nitrogen functional groups attached to an aromatic ring is 1. The summed E-state index contributed by atoms with van der Waals surface area (Å²) in [6.45, 7) is 1.76. The van der Waals surface area contributed by atoms with Gasteiger partial charge in [-0.3, -0.25) is 0 Å². The maximum absolute atomic E-state index is 12.6. The molecule has 20 heavy (non-hydrogen) atoms. The van der Waals surface area contributed by atoms with E-state index in [-0.39, 0.29) is 21.5 Å². The second-order valence-corrected chi connectivity index (χ2v) is 7.42. The van der Waals surface area contributed by atoms with E-state index in [1.54, 1.807) is 13.1 Å². The van der Waals surface area contributed by atoms with Gasteiger partial charge in [0.2, 0.25) is 10.0 Å². The number of anilines is 1. The molecule has 1 heterocycles. The van der Waals surface area contributed by atoms with Crippen molar-refractivity contribution in [2.45, 2.75) is 17.7 Å². The maximum Gasteiger partial charge on any atom is 0.246 e. The molecule has 1 aromatic carbocycles. The van der Waals surface area contributed by atoms with E-state index in [4.69, 9.17) is 22.1 Å². The van der Waals surface area contributed by atoms with Crippen LogP contribution in [0.1, 0.15) is 12.8 Å². The van der Waals surface area contributed by atoms with Crippen molar-refractivity contribution in [2.75, 3.05) is 32.5 Å². The van der Waals surface area contributed by atoms with E-state index in [2.05, 4.69) is 0 Å². The van der Waals surface area contributed by atoms with Crippen molar-refractivity contribution in [3.05, 3.63) is 23.2 Å². The minimum Gasteiger partial charge on any atom is -0.398 e. The molecule has 7 heteroatoms. The molecule has 1 fully saturated rings. The molecule has 1 unspecified atom stereocenters. The van der Waals surface area contributed by atoms with E-state index in [0.29, 0.717) is 13.2 Å². The fraction of sp³-hybridized carbons (Fsp3) is 0.538. The van der Waals surface area contributed by atoms with E-state index in [9.17, 15) is 8.42 Å². The van der Waals surface area contributed by atoms with Crippen molar-refractivity contribution in [2.24, 2.45) is 5.92 Å². The van der Waals surface area contributed by atoms with Gasteiger partial charge in [-0.15, -0.1) is 0 Å². The standard InChI is InChI=1S/C13H19ClN2O3S/c1-16(8-10-4-3-7-19-9-10)20(17,18)13-11(14)5-2-6-12(13)15/h2,5-6,10H,3-4,7-9,15H2,1H3. The third kappa shape index (κ3) is 3.25. The lowest BCUT2D eigenvalue weighted by atomic mass is 10.0. The van der Waals surface area contributed by atoms with Crippen LogP contribution in [-0.4, -0.2) is 39.5 Å². The summed E-state index contributed by atoms with van der Waals surface area (Å²) in [6, 6.07) is 4.70. The Morgan fingerprint density at radius 3 is 2.85 bits per heavy atom. The second-order valence-electron chi connectivity index (χ2n) is 5.03. The fourth-order valence-electron chi connectivity index (χ4n) is 2.37. The van der Waals surface area contributed by atoms with Gasteiger partial charge in [0, 0.05) is 20.2 Å². The van der Waals surface area contributed by atoms with Crippen LogP contribution in [0.3, 0.4) is 0 Å². The summed E-state index contributed by atoms with van der Waals surface area (Å²) in [7, 11) is -2.13. The molecule has 1 aliphatic rings. The SMILES string of the molecule is CN(CC1CCCOC1)S(=O)(=O)c1c(N)cccc1Cl. The minimum absolute atomic E-state index is 0.0131. The first-order valence-corrected chi connectivity index (χ1v) is 8.33. The molecule has 2 N–H and O–H groups in total. The van der Waals surface area contributed by atoms with E-state index >= 15 is 0 Å². The van der Waals surface area contributed by atoms with E-state index < -0.39 is 10.0 Å². The molecule has 1 aromatic rings. The van der Waals surface area contributed by atoms with Crippen LogP contribution in [-0.2, 0) is 14.8 Å². The Balaban J connectivity index is 2.21. The van der Waals surface area contributed by atoms with Crippen LogP contribution in [0.25, 0.3) is 0 Å². The zero-order chi connectivity index (χ0) is 14.8. The summed E-state index contributed by atoms with van der Waals surface area (Å²) in [5.41, 5.74) is 5.93. The van der Waals surface area contributed by atoms with Crippen molar-refractivity contribution < 1.29 is 13.2 Å². The molecule has 1 saturated heterocycles. The Hall–Kier alpha value is -0.820. The van der Waals surface area contributed by atoms with Crippen LogP contribution in [0.2, 0.25) is 5.02 Å². The minimum atomic E-state index is -3.68. The van der Waals surface area contributed by atoms with E-state index in [1.807, 2.05) is 0 Å². The predicted molar refractivity (Wildman–Crippen MR) is 79.2 cm³/mol. The largest absolute Gasteiger partial charge is 0.398 e. The molecule has 0 aromatic heterocycles. The van der Waals surface area contributed by atoms with Gasteiger partial charge < -0.3 is 10.5 Å². The Bertz CT molecular complexity index is 551. The van der Waals surface area contributed by atoms with Gasteiger partial charge in [0.1, 0.15) is 4.90 Å². The molecule has 112 valence electrons. The molecule has 5 nitrogen and oxygen atoms in total. The van der Waals surface area contributed by atoms with Crippen molar-refractivity contribution in [1.82, 2.24) is 4.31 Å². The molecule has 2 rings (SSSR count). The van der Waals surface area contributed by atoms with Crippen LogP contribution in [0.4, 0.5) is 5.69 Å². The lowest BCUT2D eigenvalue weighted by Crippen LogP contribution is -2.35. The topological polar surface area (TPSA) is 72.6 Å². The molecule has 0 aliphatic carbocycles. The number of nitrogens with two attached hydrogens (primary N) is 1. The van der Waals surface area contributed by atoms with Gasteiger partial charge in [-0.05, 0) is 30.9 Å². The van der Waals surface area contributed by atoms with E-state index in [1.165, 1.54) is 16.4 Å². The van der Waals surface area contributed by atoms with Crippen molar-refractivity contribution in [3.63, 3.8) is 0 Å². The van der Waals surface area contributed by atoms with Gasteiger partial charge in [0.15, 0.2) is 0 Å². The second kappa shape index (κ2) is 6.30. The highest BCUT2D eigenvalue weighted by Gasteiger charge is 2.28. The maximum atomic E-state index is 12.6. The number of sulfonamides is 1. The summed E-state index contributed by atoms with van der Waals surface area (Å²) in [6.07, 6.45) is 1.94. The Labute approximate surface area is 124 Å². The number of hydrogen-bond acceptors (Lipinski definition) is 4. The summed E-state index contributed by atoms with van der Waals surface area (Å²) in [4.78, 5) is -0.0131. The number of hydrogen-bond donors (Lipinski definition) is 1. The number of benzene rings is 1. The van der Waals surface area contributed by atoms with Gasteiger partial charge in [-0.25, -0.2) is 12.7 Å². The summed E-state index contributed by atoms with van der Waals surface area (Å²) in [5, 5.41) is 0.150. The lowest BCUT2D eigenvalue weighted by Gasteiger charge is -2.27. The fourth-order valence-corrected chi connectivity index (χ4v) is 4.24. The smallest absolute Gasteiger partial charge is 0.246 e. The highest BCUT2D eigenvalue weighted by molar-refractivity contribution is 7.89. The molecule has 0 spiro atoms. The highest BCUT2D eigenvalue weighted by atomic mass is 35.5. The zero-order valence-corrected chi connectivity index (χ0v) is 13.0. The van der Waals surface area contributed by atoms with Crippen LogP contribution in [0.15, 0.2) is 23.1 Å². The monoisotopic (exact) mass is 318 g/mol. The molecule has 0 bridgehead atoms. The zero-order valence-electron chi connectivity index (χ0n) is 11.4. The first-order chi connectivity index (χ1) is 9.43. The van der Waals surface area contributed by atoms with Crippen LogP contribution >= 0.6 is 11.6 Å². The number of ether oxygens (including phenoxy) is 1. The van der Waals surface area contributed by atoms with Gasteiger partial charge >= 0.3 is 0 Å². The average Bonchev–Trinajstić information content (AvgIpc) is 2.39. The molecule has 1 aliphatic heterocycles. The number of nitrogens with zero attached hydrogens (tertiary/aromatic N) is 1. The normalized spacial score (nSPS) is 20.2. The summed E-state index contributed by atoms with van der Waals surface area (Å²) < 4.78 is 31.8. The lowest BCUT2D eigenvalue weighted by molar-refractivity contribution is 0.0495. The molecule has 0 saturated carbocycles. The van der Waals surface area contributed by atoms with Crippen LogP contribution in [0, 0.1) is 5.92 Å². The average molecular weight is 319 g/mol. The molecule has 1 atom stereocenters. The van der Waals surface area contributed by atoms with Gasteiger partial charge in [0.25, 0.3) is 0 Å². The number of rotatable bonds is 4. The molecule has 0 radical (unpaired) electrons. The van der Waals surface area contributed by atoms with Crippen molar-refractivity contribution in [1.29, 1.82) is 0 Å². The van der Waals surface area contributed by atoms with Gasteiger partial charge in [-0.2, -0.15) is 0 Å². The Kier molecular flexibility index (Phi) is 4.90. The van der Waals surface area contributed by atoms with Crippen LogP contribution < -0.4 is 5.73 Å². The highest BCUT2D eigenvalue weighted by Crippen LogP contribution is 2.30. The van der Waals surface area contributed by atoms with Crippen molar-refractivity contribution in [3.8, 4) is 0 Å². The Morgan fingerprint density at radius 1 is 1.50 bits per heavy atom. The number of halogens is 1. The van der Waals surface area contributed by atoms with Gasteiger partial charge in [-0.1, -0.05) is 17.7 Å². The predicted octanol–water partition coefficient (Wildman–Crippen LogP) is 1.97. The summed E-state index contributed by atoms with van der Waals surface area (Å²) in [5.74, 6) is 0.215. The molecule has 0 amide bonds. The first-order valence-electron chi connectivity index (χ1n) is 6.51. The third-order valence-electron chi connectivity index (χ3n) is 3.44. The quantitative estimate of drug-likeness (QED) is 0.861. The summed E-state index contributed by atoms with van der Waals surface area (Å²) >= 11 is 5.99. The van der Waals surface area contributed by atoms with Gasteiger partial charge in [0.05, 0.1) is 17.3 Å². The molecular weight excluding hydrogens is 300 g/mol.